The first-order valence-corrected chi connectivity index (χ1v) is 6.65. The second kappa shape index (κ2) is 6.51. The van der Waals surface area contributed by atoms with E-state index in [0.29, 0.717) is 5.25 Å². The molecule has 0 N–H and O–H groups in total. The maximum atomic E-state index is 4.67. The summed E-state index contributed by atoms with van der Waals surface area (Å²) in [7, 11) is 0. The van der Waals surface area contributed by atoms with E-state index in [2.05, 4.69) is 67.2 Å². The van der Waals surface area contributed by atoms with Gasteiger partial charge in [0.25, 0.3) is 0 Å². The summed E-state index contributed by atoms with van der Waals surface area (Å²) in [6.45, 7) is 0. The van der Waals surface area contributed by atoms with Crippen molar-refractivity contribution in [1.82, 2.24) is 0 Å². The molecule has 0 aliphatic heterocycles. The lowest BCUT2D eigenvalue weighted by atomic mass is 10.0. The van der Waals surface area contributed by atoms with Crippen molar-refractivity contribution in [3.05, 3.63) is 71.8 Å². The molecule has 0 aliphatic rings. The van der Waals surface area contributed by atoms with E-state index in [4.69, 9.17) is 0 Å². The van der Waals surface area contributed by atoms with Crippen molar-refractivity contribution in [2.45, 2.75) is 24.5 Å². The van der Waals surface area contributed by atoms with Gasteiger partial charge in [-0.25, -0.2) is 0 Å². The molecule has 0 saturated heterocycles. The van der Waals surface area contributed by atoms with E-state index in [9.17, 15) is 0 Å². The first-order chi connectivity index (χ1) is 8.36. The largest absolute Gasteiger partial charge is 0.171 e. The van der Waals surface area contributed by atoms with Gasteiger partial charge in [-0.2, -0.15) is 12.6 Å². The summed E-state index contributed by atoms with van der Waals surface area (Å²) >= 11 is 4.67. The highest BCUT2D eigenvalue weighted by molar-refractivity contribution is 7.80. The normalized spacial score (nSPS) is 12.3. The minimum absolute atomic E-state index is 0.361. The Balaban J connectivity index is 1.79. The number of rotatable bonds is 5. The van der Waals surface area contributed by atoms with E-state index in [1.165, 1.54) is 17.5 Å². The second-order valence-corrected chi connectivity index (χ2v) is 4.93. The van der Waals surface area contributed by atoms with Crippen LogP contribution < -0.4 is 0 Å². The van der Waals surface area contributed by atoms with Crippen molar-refractivity contribution < 1.29 is 0 Å². The molecule has 2 rings (SSSR count). The molecule has 0 bridgehead atoms. The molecular formula is C16H18S. The maximum absolute atomic E-state index is 4.67. The van der Waals surface area contributed by atoms with E-state index < -0.39 is 0 Å². The van der Waals surface area contributed by atoms with Gasteiger partial charge in [0.05, 0.1) is 0 Å². The quantitative estimate of drug-likeness (QED) is 0.723. The molecule has 1 atom stereocenters. The van der Waals surface area contributed by atoms with E-state index >= 15 is 0 Å². The van der Waals surface area contributed by atoms with Gasteiger partial charge < -0.3 is 0 Å². The molecule has 1 heteroatoms. The van der Waals surface area contributed by atoms with Crippen molar-refractivity contribution in [2.24, 2.45) is 0 Å². The minimum Gasteiger partial charge on any atom is -0.171 e. The Labute approximate surface area is 109 Å². The van der Waals surface area contributed by atoms with Crippen LogP contribution in [0.2, 0.25) is 0 Å². The molecule has 0 amide bonds. The molecule has 0 nitrogen and oxygen atoms in total. The van der Waals surface area contributed by atoms with Crippen LogP contribution in [0.5, 0.6) is 0 Å². The minimum atomic E-state index is 0.361. The Morgan fingerprint density at radius 1 is 0.824 bits per heavy atom. The highest BCUT2D eigenvalue weighted by atomic mass is 32.1. The first-order valence-electron chi connectivity index (χ1n) is 6.13. The fraction of sp³-hybridized carbons (Fsp3) is 0.250. The Morgan fingerprint density at radius 3 is 2.06 bits per heavy atom. The van der Waals surface area contributed by atoms with Crippen molar-refractivity contribution >= 4 is 12.6 Å². The van der Waals surface area contributed by atoms with Crippen LogP contribution in [0, 0.1) is 0 Å². The lowest BCUT2D eigenvalue weighted by Crippen LogP contribution is -1.92. The third-order valence-corrected chi connectivity index (χ3v) is 3.53. The van der Waals surface area contributed by atoms with E-state index in [1.807, 2.05) is 6.07 Å². The standard InChI is InChI=1S/C16H18S/c17-16(15-11-5-2-6-12-15)13-7-10-14-8-3-1-4-9-14/h1-6,8-9,11-12,16-17H,7,10,13H2. The van der Waals surface area contributed by atoms with Crippen LogP contribution in [0.25, 0.3) is 0 Å². The summed E-state index contributed by atoms with van der Waals surface area (Å²) in [6, 6.07) is 21.2. The lowest BCUT2D eigenvalue weighted by molar-refractivity contribution is 0.725. The van der Waals surface area contributed by atoms with Gasteiger partial charge in [-0.3, -0.25) is 0 Å². The predicted molar refractivity (Wildman–Crippen MR) is 77.5 cm³/mol. The van der Waals surface area contributed by atoms with Gasteiger partial charge in [-0.1, -0.05) is 60.7 Å². The summed E-state index contributed by atoms with van der Waals surface area (Å²) in [5, 5.41) is 0.361. The maximum Gasteiger partial charge on any atom is 0.0267 e. The smallest absolute Gasteiger partial charge is 0.0267 e. The zero-order chi connectivity index (χ0) is 11.9. The molecule has 0 spiro atoms. The topological polar surface area (TPSA) is 0 Å². The first kappa shape index (κ1) is 12.3. The highest BCUT2D eigenvalue weighted by Crippen LogP contribution is 2.25. The molecule has 2 aromatic carbocycles. The molecule has 17 heavy (non-hydrogen) atoms. The molecular weight excluding hydrogens is 224 g/mol. The SMILES string of the molecule is SC(CCCc1ccccc1)c1ccccc1. The average molecular weight is 242 g/mol. The van der Waals surface area contributed by atoms with E-state index in [-0.39, 0.29) is 0 Å². The molecule has 0 saturated carbocycles. The van der Waals surface area contributed by atoms with E-state index in [1.54, 1.807) is 0 Å². The van der Waals surface area contributed by atoms with Gasteiger partial charge in [0, 0.05) is 5.25 Å². The average Bonchev–Trinajstić information content (AvgIpc) is 2.41. The van der Waals surface area contributed by atoms with Crippen molar-refractivity contribution in [2.75, 3.05) is 0 Å². The number of thiol groups is 1. The highest BCUT2D eigenvalue weighted by Gasteiger charge is 2.05. The number of aryl methyl sites for hydroxylation is 1. The van der Waals surface area contributed by atoms with Crippen LogP contribution in [-0.4, -0.2) is 0 Å². The molecule has 2 aromatic rings. The number of hydrogen-bond donors (Lipinski definition) is 1. The number of benzene rings is 2. The molecule has 0 fully saturated rings. The van der Waals surface area contributed by atoms with Crippen LogP contribution in [0.3, 0.4) is 0 Å². The predicted octanol–water partition coefficient (Wildman–Crippen LogP) is 4.68. The Bertz CT molecular complexity index is 422. The van der Waals surface area contributed by atoms with Gasteiger partial charge in [-0.05, 0) is 30.4 Å². The number of hydrogen-bond acceptors (Lipinski definition) is 1. The Hall–Kier alpha value is -1.21. The van der Waals surface area contributed by atoms with Crippen molar-refractivity contribution in [1.29, 1.82) is 0 Å². The van der Waals surface area contributed by atoms with Crippen LogP contribution >= 0.6 is 12.6 Å². The van der Waals surface area contributed by atoms with Gasteiger partial charge in [-0.15, -0.1) is 0 Å². The lowest BCUT2D eigenvalue weighted by Gasteiger charge is -2.10. The second-order valence-electron chi connectivity index (χ2n) is 4.30. The Kier molecular flexibility index (Phi) is 4.69. The summed E-state index contributed by atoms with van der Waals surface area (Å²) < 4.78 is 0. The van der Waals surface area contributed by atoms with Crippen LogP contribution in [-0.2, 0) is 6.42 Å². The van der Waals surface area contributed by atoms with Gasteiger partial charge in [0.15, 0.2) is 0 Å². The van der Waals surface area contributed by atoms with E-state index in [0.717, 1.165) is 12.8 Å². The fourth-order valence-electron chi connectivity index (χ4n) is 1.99. The van der Waals surface area contributed by atoms with Crippen molar-refractivity contribution in [3.8, 4) is 0 Å². The van der Waals surface area contributed by atoms with Crippen LogP contribution in [0.1, 0.15) is 29.2 Å². The van der Waals surface area contributed by atoms with Crippen LogP contribution in [0.15, 0.2) is 60.7 Å². The zero-order valence-electron chi connectivity index (χ0n) is 9.92. The van der Waals surface area contributed by atoms with Gasteiger partial charge in [0.2, 0.25) is 0 Å². The fourth-order valence-corrected chi connectivity index (χ4v) is 2.34. The molecule has 1 unspecified atom stereocenters. The molecule has 88 valence electrons. The summed E-state index contributed by atoms with van der Waals surface area (Å²) in [5.74, 6) is 0. The summed E-state index contributed by atoms with van der Waals surface area (Å²) in [5.41, 5.74) is 2.74. The Morgan fingerprint density at radius 2 is 1.41 bits per heavy atom. The van der Waals surface area contributed by atoms with Crippen molar-refractivity contribution in [3.63, 3.8) is 0 Å². The third-order valence-electron chi connectivity index (χ3n) is 2.97. The molecule has 0 aromatic heterocycles. The summed E-state index contributed by atoms with van der Waals surface area (Å²) in [4.78, 5) is 0. The monoisotopic (exact) mass is 242 g/mol. The van der Waals surface area contributed by atoms with Gasteiger partial charge >= 0.3 is 0 Å². The van der Waals surface area contributed by atoms with Crippen LogP contribution in [0.4, 0.5) is 0 Å². The third kappa shape index (κ3) is 3.94. The molecule has 0 aliphatic carbocycles. The van der Waals surface area contributed by atoms with Gasteiger partial charge in [0.1, 0.15) is 0 Å². The molecule has 0 heterocycles. The molecule has 0 radical (unpaired) electrons. The zero-order valence-corrected chi connectivity index (χ0v) is 10.8. The summed E-state index contributed by atoms with van der Waals surface area (Å²) in [6.07, 6.45) is 3.46.